The summed E-state index contributed by atoms with van der Waals surface area (Å²) in [6.45, 7) is 1.62. The Morgan fingerprint density at radius 2 is 2.24 bits per heavy atom. The van der Waals surface area contributed by atoms with Crippen molar-refractivity contribution in [3.8, 4) is 0 Å². The number of carbonyl (C=O) groups is 1. The first kappa shape index (κ1) is 15.0. The second-order valence-electron chi connectivity index (χ2n) is 4.24. The number of carbonyl (C=O) groups excluding carboxylic acids is 1. The van der Waals surface area contributed by atoms with Gasteiger partial charge in [-0.05, 0) is 19.1 Å². The van der Waals surface area contributed by atoms with E-state index >= 15 is 0 Å². The fourth-order valence-electron chi connectivity index (χ4n) is 1.52. The summed E-state index contributed by atoms with van der Waals surface area (Å²) in [4.78, 5) is 15.5. The molecule has 9 heteroatoms. The second-order valence-corrected chi connectivity index (χ2v) is 6.08. The first-order chi connectivity index (χ1) is 9.96. The van der Waals surface area contributed by atoms with Gasteiger partial charge in [0.15, 0.2) is 5.82 Å². The molecule has 1 amide bonds. The lowest BCUT2D eigenvalue weighted by molar-refractivity contribution is 0.0956. The van der Waals surface area contributed by atoms with Crippen molar-refractivity contribution in [2.24, 2.45) is 0 Å². The largest absolute Gasteiger partial charge is 0.360 e. The van der Waals surface area contributed by atoms with Crippen molar-refractivity contribution in [2.75, 3.05) is 17.0 Å². The van der Waals surface area contributed by atoms with Gasteiger partial charge in [0.2, 0.25) is 10.0 Å². The van der Waals surface area contributed by atoms with Crippen LogP contribution in [0.4, 0.5) is 5.82 Å². The molecule has 2 aromatic heterocycles. The van der Waals surface area contributed by atoms with E-state index in [0.29, 0.717) is 11.3 Å². The van der Waals surface area contributed by atoms with E-state index in [1.807, 2.05) is 0 Å². The molecule has 112 valence electrons. The fourth-order valence-corrected chi connectivity index (χ4v) is 2.41. The van der Waals surface area contributed by atoms with Crippen LogP contribution < -0.4 is 10.0 Å². The first-order valence-electron chi connectivity index (χ1n) is 6.08. The highest BCUT2D eigenvalue weighted by Crippen LogP contribution is 2.09. The van der Waals surface area contributed by atoms with Crippen molar-refractivity contribution in [3.05, 3.63) is 41.9 Å². The van der Waals surface area contributed by atoms with E-state index in [1.54, 1.807) is 25.3 Å². The number of amides is 1. The summed E-state index contributed by atoms with van der Waals surface area (Å²) in [5, 5.41) is 6.03. The minimum Gasteiger partial charge on any atom is -0.360 e. The fraction of sp³-hybridized carbons (Fsp3) is 0.250. The molecule has 0 bridgehead atoms. The summed E-state index contributed by atoms with van der Waals surface area (Å²) in [5.41, 5.74) is 0.370. The molecule has 0 fully saturated rings. The molecule has 0 atom stereocenters. The predicted molar refractivity (Wildman–Crippen MR) is 75.2 cm³/mol. The molecule has 0 saturated heterocycles. The maximum atomic E-state index is 11.8. The summed E-state index contributed by atoms with van der Waals surface area (Å²) >= 11 is 0. The highest BCUT2D eigenvalue weighted by molar-refractivity contribution is 7.92. The van der Waals surface area contributed by atoms with Crippen molar-refractivity contribution in [1.29, 1.82) is 0 Å². The molecule has 2 N–H and O–H groups in total. The summed E-state index contributed by atoms with van der Waals surface area (Å²) in [6.07, 6.45) is 2.95. The number of aromatic nitrogens is 2. The van der Waals surface area contributed by atoms with Crippen LogP contribution in [-0.2, 0) is 10.0 Å². The molecular formula is C12H14N4O4S. The zero-order chi connectivity index (χ0) is 15.3. The normalized spacial score (nSPS) is 11.1. The highest BCUT2D eigenvalue weighted by atomic mass is 32.2. The Balaban J connectivity index is 1.83. The number of hydrogen-bond acceptors (Lipinski definition) is 6. The summed E-state index contributed by atoms with van der Waals surface area (Å²) in [7, 11) is -3.60. The number of hydrogen-bond donors (Lipinski definition) is 2. The van der Waals surface area contributed by atoms with E-state index in [1.165, 1.54) is 12.3 Å². The third-order valence-electron chi connectivity index (χ3n) is 2.47. The van der Waals surface area contributed by atoms with Gasteiger partial charge in [0, 0.05) is 25.0 Å². The quantitative estimate of drug-likeness (QED) is 0.805. The molecule has 0 radical (unpaired) electrons. The van der Waals surface area contributed by atoms with Crippen LogP contribution in [0.1, 0.15) is 16.1 Å². The third-order valence-corrected chi connectivity index (χ3v) is 3.73. The van der Waals surface area contributed by atoms with E-state index in [2.05, 4.69) is 20.2 Å². The molecule has 0 aliphatic heterocycles. The predicted octanol–water partition coefficient (Wildman–Crippen LogP) is 0.550. The molecule has 0 aromatic carbocycles. The first-order valence-corrected chi connectivity index (χ1v) is 7.73. The molecule has 0 saturated carbocycles. The summed E-state index contributed by atoms with van der Waals surface area (Å²) in [5.74, 6) is -0.0375. The number of aryl methyl sites for hydroxylation is 1. The van der Waals surface area contributed by atoms with Gasteiger partial charge in [-0.3, -0.25) is 14.5 Å². The van der Waals surface area contributed by atoms with E-state index in [9.17, 15) is 13.2 Å². The zero-order valence-electron chi connectivity index (χ0n) is 11.2. The van der Waals surface area contributed by atoms with E-state index in [4.69, 9.17) is 4.52 Å². The monoisotopic (exact) mass is 310 g/mol. The SMILES string of the molecule is Cc1cc(NS(=O)(=O)CCNC(=O)c2cccnc2)no1. The molecule has 2 heterocycles. The smallest absolute Gasteiger partial charge is 0.252 e. The van der Waals surface area contributed by atoms with Crippen molar-refractivity contribution in [1.82, 2.24) is 15.5 Å². The lowest BCUT2D eigenvalue weighted by Gasteiger charge is -2.06. The summed E-state index contributed by atoms with van der Waals surface area (Å²) in [6, 6.07) is 4.68. The molecule has 2 rings (SSSR count). The van der Waals surface area contributed by atoms with Crippen LogP contribution in [0.3, 0.4) is 0 Å². The van der Waals surface area contributed by atoms with Crippen LogP contribution in [0, 0.1) is 6.92 Å². The average molecular weight is 310 g/mol. The van der Waals surface area contributed by atoms with Gasteiger partial charge in [0.25, 0.3) is 5.91 Å². The topological polar surface area (TPSA) is 114 Å². The third kappa shape index (κ3) is 4.56. The van der Waals surface area contributed by atoms with Crippen molar-refractivity contribution < 1.29 is 17.7 Å². The van der Waals surface area contributed by atoms with Gasteiger partial charge in [-0.1, -0.05) is 5.16 Å². The van der Waals surface area contributed by atoms with Crippen LogP contribution in [0.15, 0.2) is 35.1 Å². The van der Waals surface area contributed by atoms with Crippen molar-refractivity contribution >= 4 is 21.7 Å². The molecular weight excluding hydrogens is 296 g/mol. The Labute approximate surface area is 121 Å². The van der Waals surface area contributed by atoms with Gasteiger partial charge in [0.05, 0.1) is 11.3 Å². The number of nitrogens with one attached hydrogen (secondary N) is 2. The van der Waals surface area contributed by atoms with Crippen LogP contribution >= 0.6 is 0 Å². The molecule has 0 spiro atoms. The van der Waals surface area contributed by atoms with Crippen molar-refractivity contribution in [2.45, 2.75) is 6.92 Å². The molecule has 0 aliphatic carbocycles. The Morgan fingerprint density at radius 1 is 1.43 bits per heavy atom. The van der Waals surface area contributed by atoms with Gasteiger partial charge >= 0.3 is 0 Å². The summed E-state index contributed by atoms with van der Waals surface area (Å²) < 4.78 is 30.6. The number of sulfonamides is 1. The number of pyridine rings is 1. The number of nitrogens with zero attached hydrogens (tertiary/aromatic N) is 2. The Kier molecular flexibility index (Phi) is 4.53. The lowest BCUT2D eigenvalue weighted by atomic mass is 10.3. The molecule has 8 nitrogen and oxygen atoms in total. The molecule has 0 aliphatic rings. The Hall–Kier alpha value is -2.42. The van der Waals surface area contributed by atoms with Crippen LogP contribution in [0.25, 0.3) is 0 Å². The lowest BCUT2D eigenvalue weighted by Crippen LogP contribution is -2.31. The van der Waals surface area contributed by atoms with Gasteiger partial charge in [0.1, 0.15) is 5.76 Å². The maximum Gasteiger partial charge on any atom is 0.252 e. The standard InChI is InChI=1S/C12H14N4O4S/c1-9-7-11(15-20-9)16-21(18,19)6-5-14-12(17)10-3-2-4-13-8-10/h2-4,7-8H,5-6H2,1H3,(H,14,17)(H,15,16). The van der Waals surface area contributed by atoms with E-state index in [-0.39, 0.29) is 24.0 Å². The molecule has 0 unspecified atom stereocenters. The van der Waals surface area contributed by atoms with Crippen LogP contribution in [-0.4, -0.2) is 36.8 Å². The highest BCUT2D eigenvalue weighted by Gasteiger charge is 2.14. The zero-order valence-corrected chi connectivity index (χ0v) is 12.1. The average Bonchev–Trinajstić information content (AvgIpc) is 2.84. The Bertz CT molecular complexity index is 712. The number of rotatable bonds is 6. The van der Waals surface area contributed by atoms with Gasteiger partial charge in [-0.2, -0.15) is 0 Å². The van der Waals surface area contributed by atoms with E-state index < -0.39 is 10.0 Å². The molecule has 2 aromatic rings. The second kappa shape index (κ2) is 6.35. The molecule has 21 heavy (non-hydrogen) atoms. The minimum absolute atomic E-state index is 0.0279. The maximum absolute atomic E-state index is 11.8. The van der Waals surface area contributed by atoms with Crippen molar-refractivity contribution in [3.63, 3.8) is 0 Å². The van der Waals surface area contributed by atoms with Gasteiger partial charge in [-0.25, -0.2) is 8.42 Å². The van der Waals surface area contributed by atoms with Gasteiger partial charge in [-0.15, -0.1) is 0 Å². The number of anilines is 1. The van der Waals surface area contributed by atoms with Crippen LogP contribution in [0.2, 0.25) is 0 Å². The van der Waals surface area contributed by atoms with Crippen LogP contribution in [0.5, 0.6) is 0 Å². The Morgan fingerprint density at radius 3 is 2.86 bits per heavy atom. The van der Waals surface area contributed by atoms with Gasteiger partial charge < -0.3 is 9.84 Å². The van der Waals surface area contributed by atoms with E-state index in [0.717, 1.165) is 0 Å². The minimum atomic E-state index is -3.60.